The van der Waals surface area contributed by atoms with Crippen LogP contribution in [0.15, 0.2) is 60.0 Å². The lowest BCUT2D eigenvalue weighted by atomic mass is 10.2. The summed E-state index contributed by atoms with van der Waals surface area (Å²) in [6, 6.07) is 8.61. The summed E-state index contributed by atoms with van der Waals surface area (Å²) in [5, 5.41) is 9.14. The van der Waals surface area contributed by atoms with Crippen LogP contribution in [-0.4, -0.2) is 51.7 Å². The van der Waals surface area contributed by atoms with E-state index in [0.717, 1.165) is 5.39 Å². The molecule has 0 unspecified atom stereocenters. The number of carbonyl (C=O) groups is 1. The molecule has 1 amide bonds. The minimum atomic E-state index is -3.92. The number of fused-ring (bicyclic) bond motifs is 1. The maximum Gasteiger partial charge on any atom is 0.414 e. The van der Waals surface area contributed by atoms with E-state index >= 15 is 0 Å². The van der Waals surface area contributed by atoms with Gasteiger partial charge in [-0.05, 0) is 19.1 Å². The minimum Gasteiger partial charge on any atom is -0.444 e. The van der Waals surface area contributed by atoms with Gasteiger partial charge in [0.25, 0.3) is 10.0 Å². The van der Waals surface area contributed by atoms with Crippen LogP contribution in [0.1, 0.15) is 6.92 Å². The number of cyclic esters (lactones) is 1. The molecule has 1 saturated heterocycles. The van der Waals surface area contributed by atoms with Gasteiger partial charge in [0.1, 0.15) is 11.0 Å². The molecule has 0 radical (unpaired) electrons. The van der Waals surface area contributed by atoms with E-state index in [1.807, 2.05) is 13.0 Å². The largest absolute Gasteiger partial charge is 0.444 e. The second-order valence-electron chi connectivity index (χ2n) is 7.41. The summed E-state index contributed by atoms with van der Waals surface area (Å²) < 4.78 is 36.7. The second-order valence-corrected chi connectivity index (χ2v) is 9.10. The third kappa shape index (κ3) is 3.43. The summed E-state index contributed by atoms with van der Waals surface area (Å²) in [6.45, 7) is 2.23. The highest BCUT2D eigenvalue weighted by Gasteiger charge is 2.29. The van der Waals surface area contributed by atoms with Gasteiger partial charge >= 0.3 is 6.09 Å². The number of hydrogen-bond donors (Lipinski definition) is 1. The van der Waals surface area contributed by atoms with E-state index in [9.17, 15) is 13.2 Å². The lowest BCUT2D eigenvalue weighted by Crippen LogP contribution is -2.24. The predicted octanol–water partition coefficient (Wildman–Crippen LogP) is 2.30. The zero-order valence-corrected chi connectivity index (χ0v) is 18.0. The van der Waals surface area contributed by atoms with Crippen LogP contribution in [-0.2, 0) is 21.8 Å². The number of nitrogens with one attached hydrogen (secondary N) is 1. The van der Waals surface area contributed by atoms with Crippen molar-refractivity contribution in [3.05, 3.63) is 55.1 Å². The highest BCUT2D eigenvalue weighted by Crippen LogP contribution is 2.26. The fraction of sp³-hybridized carbons (Fsp3) is 0.200. The molecule has 4 aromatic rings. The van der Waals surface area contributed by atoms with E-state index in [1.165, 1.54) is 28.2 Å². The molecule has 1 fully saturated rings. The van der Waals surface area contributed by atoms with Gasteiger partial charge in [-0.2, -0.15) is 10.2 Å². The Hall–Kier alpha value is -3.93. The van der Waals surface area contributed by atoms with Gasteiger partial charge in [-0.1, -0.05) is 12.1 Å². The van der Waals surface area contributed by atoms with Gasteiger partial charge in [-0.3, -0.25) is 14.3 Å². The van der Waals surface area contributed by atoms with Crippen LogP contribution >= 0.6 is 0 Å². The van der Waals surface area contributed by atoms with Crippen LogP contribution in [0, 0.1) is 0 Å². The smallest absolute Gasteiger partial charge is 0.414 e. The first-order valence-corrected chi connectivity index (χ1v) is 11.2. The summed E-state index contributed by atoms with van der Waals surface area (Å²) in [7, 11) is -2.17. The number of rotatable bonds is 5. The molecule has 0 bridgehead atoms. The molecule has 11 nitrogen and oxygen atoms in total. The Bertz CT molecular complexity index is 1440. The zero-order valence-electron chi connectivity index (χ0n) is 17.2. The van der Waals surface area contributed by atoms with Crippen molar-refractivity contribution in [3.8, 4) is 5.82 Å². The first-order valence-electron chi connectivity index (χ1n) is 9.74. The number of hydrogen-bond acceptors (Lipinski definition) is 7. The zero-order chi connectivity index (χ0) is 22.5. The Balaban J connectivity index is 1.44. The fourth-order valence-electron chi connectivity index (χ4n) is 3.61. The molecule has 0 saturated carbocycles. The van der Waals surface area contributed by atoms with Gasteiger partial charge in [0.05, 0.1) is 42.0 Å². The Morgan fingerprint density at radius 3 is 2.81 bits per heavy atom. The number of benzene rings is 1. The lowest BCUT2D eigenvalue weighted by molar-refractivity contribution is 0.150. The molecule has 3 aromatic heterocycles. The molecule has 1 aliphatic rings. The maximum atomic E-state index is 13.0. The number of aryl methyl sites for hydroxylation is 1. The Morgan fingerprint density at radius 2 is 2.03 bits per heavy atom. The van der Waals surface area contributed by atoms with Crippen LogP contribution in [0.3, 0.4) is 0 Å². The number of ether oxygens (including phenoxy) is 1. The van der Waals surface area contributed by atoms with E-state index in [1.54, 1.807) is 42.2 Å². The molecule has 0 spiro atoms. The number of anilines is 2. The first kappa shape index (κ1) is 20.0. The number of nitrogens with zero attached hydrogens (tertiary/aromatic N) is 6. The van der Waals surface area contributed by atoms with E-state index in [4.69, 9.17) is 4.74 Å². The van der Waals surface area contributed by atoms with Crippen LogP contribution in [0.2, 0.25) is 0 Å². The minimum absolute atomic E-state index is 0.0296. The summed E-state index contributed by atoms with van der Waals surface area (Å²) in [6.07, 6.45) is 5.15. The van der Waals surface area contributed by atoms with Gasteiger partial charge in [0.15, 0.2) is 5.82 Å². The van der Waals surface area contributed by atoms with Gasteiger partial charge in [-0.15, -0.1) is 0 Å². The fourth-order valence-corrected chi connectivity index (χ4v) is 4.60. The second kappa shape index (κ2) is 7.34. The Morgan fingerprint density at radius 1 is 1.19 bits per heavy atom. The summed E-state index contributed by atoms with van der Waals surface area (Å²) >= 11 is 0. The average Bonchev–Trinajstić information content (AvgIpc) is 3.48. The van der Waals surface area contributed by atoms with Crippen LogP contribution in [0.4, 0.5) is 16.2 Å². The maximum absolute atomic E-state index is 13.0. The van der Waals surface area contributed by atoms with E-state index in [0.29, 0.717) is 29.3 Å². The number of pyridine rings is 1. The number of para-hydroxylation sites is 1. The van der Waals surface area contributed by atoms with Crippen LogP contribution in [0.25, 0.3) is 16.7 Å². The molecule has 4 heterocycles. The van der Waals surface area contributed by atoms with Crippen molar-refractivity contribution in [2.75, 3.05) is 16.2 Å². The number of carbonyl (C=O) groups excluding carboxylic acids is 1. The summed E-state index contributed by atoms with van der Waals surface area (Å²) in [5.74, 6) is 0.366. The van der Waals surface area contributed by atoms with E-state index in [-0.39, 0.29) is 11.0 Å². The standard InChI is InChI=1S/C20H19N7O4S/c1-13-11-26(20(28)31-13)15-6-7-21-18(8-15)27-12-16(10-23-27)32(29,30)24-17-5-3-4-14-9-22-25(2)19(14)17/h3-10,12-13,24H,11H2,1-2H3/t13-/m0/s1. The van der Waals surface area contributed by atoms with Crippen molar-refractivity contribution in [1.29, 1.82) is 0 Å². The molecular formula is C20H19N7O4S. The van der Waals surface area contributed by atoms with Crippen molar-refractivity contribution in [3.63, 3.8) is 0 Å². The first-order chi connectivity index (χ1) is 15.3. The quantitative estimate of drug-likeness (QED) is 0.492. The molecule has 32 heavy (non-hydrogen) atoms. The monoisotopic (exact) mass is 453 g/mol. The normalized spacial score (nSPS) is 16.5. The van der Waals surface area contributed by atoms with Crippen molar-refractivity contribution in [2.45, 2.75) is 17.9 Å². The molecule has 0 aliphatic carbocycles. The van der Waals surface area contributed by atoms with E-state index in [2.05, 4.69) is 19.9 Å². The predicted molar refractivity (Wildman–Crippen MR) is 116 cm³/mol. The molecule has 1 aromatic carbocycles. The Kier molecular flexibility index (Phi) is 4.59. The van der Waals surface area contributed by atoms with E-state index < -0.39 is 16.1 Å². The molecule has 1 N–H and O–H groups in total. The van der Waals surface area contributed by atoms with Gasteiger partial charge in [0.2, 0.25) is 0 Å². The van der Waals surface area contributed by atoms with Crippen LogP contribution in [0.5, 0.6) is 0 Å². The van der Waals surface area contributed by atoms with Gasteiger partial charge in [-0.25, -0.2) is 22.9 Å². The van der Waals surface area contributed by atoms with Crippen molar-refractivity contribution in [2.24, 2.45) is 7.05 Å². The number of sulfonamides is 1. The molecule has 1 atom stereocenters. The molecule has 1 aliphatic heterocycles. The molecular weight excluding hydrogens is 434 g/mol. The summed E-state index contributed by atoms with van der Waals surface area (Å²) in [4.78, 5) is 17.7. The van der Waals surface area contributed by atoms with Gasteiger partial charge in [0, 0.05) is 24.7 Å². The molecule has 164 valence electrons. The number of aromatic nitrogens is 5. The highest BCUT2D eigenvalue weighted by atomic mass is 32.2. The molecule has 5 rings (SSSR count). The lowest BCUT2D eigenvalue weighted by Gasteiger charge is -2.13. The third-order valence-corrected chi connectivity index (χ3v) is 6.43. The third-order valence-electron chi connectivity index (χ3n) is 5.11. The SMILES string of the molecule is C[C@H]1CN(c2ccnc(-n3cc(S(=O)(=O)Nc4cccc5cnn(C)c45)cn3)c2)C(=O)O1. The van der Waals surface area contributed by atoms with Crippen LogP contribution < -0.4 is 9.62 Å². The van der Waals surface area contributed by atoms with Crippen molar-refractivity contribution >= 4 is 38.4 Å². The Labute approximate surface area is 183 Å². The van der Waals surface area contributed by atoms with Gasteiger partial charge < -0.3 is 4.74 Å². The summed E-state index contributed by atoms with van der Waals surface area (Å²) in [5.41, 5.74) is 1.67. The average molecular weight is 453 g/mol. The van der Waals surface area contributed by atoms with Crippen molar-refractivity contribution < 1.29 is 17.9 Å². The number of amides is 1. The van der Waals surface area contributed by atoms with Crippen molar-refractivity contribution in [1.82, 2.24) is 24.5 Å². The topological polar surface area (TPSA) is 124 Å². The highest BCUT2D eigenvalue weighted by molar-refractivity contribution is 7.92. The molecule has 12 heteroatoms.